The van der Waals surface area contributed by atoms with E-state index in [1.165, 1.54) is 0 Å². The number of amides is 1. The van der Waals surface area contributed by atoms with Crippen molar-refractivity contribution in [3.05, 3.63) is 66.1 Å². The summed E-state index contributed by atoms with van der Waals surface area (Å²) in [5, 5.41) is 11.3. The van der Waals surface area contributed by atoms with E-state index in [9.17, 15) is 4.79 Å². The lowest BCUT2D eigenvalue weighted by atomic mass is 9.93. The van der Waals surface area contributed by atoms with Crippen LogP contribution in [0.3, 0.4) is 0 Å². The molecule has 5 heteroatoms. The fourth-order valence-electron chi connectivity index (χ4n) is 3.02. The third-order valence-corrected chi connectivity index (χ3v) is 4.34. The Morgan fingerprint density at radius 2 is 1.91 bits per heavy atom. The zero-order chi connectivity index (χ0) is 15.6. The van der Waals surface area contributed by atoms with Gasteiger partial charge in [0.1, 0.15) is 0 Å². The normalized spacial score (nSPS) is 15.5. The number of nitrogens with one attached hydrogen (secondary N) is 1. The van der Waals surface area contributed by atoms with Crippen LogP contribution in [0.25, 0.3) is 5.65 Å². The standard InChI is InChI=1S/C18H18N4O/c23-18(17(14-9-10-14)13-6-2-1-3-7-13)19-12-16-21-20-15-8-4-5-11-22(15)16/h1-8,11,14,17H,9-10,12H2,(H,19,23). The Morgan fingerprint density at radius 3 is 2.70 bits per heavy atom. The van der Waals surface area contributed by atoms with E-state index < -0.39 is 0 Å². The lowest BCUT2D eigenvalue weighted by Gasteiger charge is -2.16. The van der Waals surface area contributed by atoms with Crippen molar-refractivity contribution in [1.29, 1.82) is 0 Å². The third-order valence-electron chi connectivity index (χ3n) is 4.34. The van der Waals surface area contributed by atoms with Crippen molar-refractivity contribution >= 4 is 11.6 Å². The molecule has 4 rings (SSSR count). The Morgan fingerprint density at radius 1 is 1.13 bits per heavy atom. The first-order chi connectivity index (χ1) is 11.3. The molecule has 0 radical (unpaired) electrons. The topological polar surface area (TPSA) is 59.3 Å². The van der Waals surface area contributed by atoms with Gasteiger partial charge in [-0.25, -0.2) is 0 Å². The molecule has 1 amide bonds. The van der Waals surface area contributed by atoms with Gasteiger partial charge < -0.3 is 5.32 Å². The van der Waals surface area contributed by atoms with Crippen LogP contribution in [-0.4, -0.2) is 20.5 Å². The van der Waals surface area contributed by atoms with Crippen molar-refractivity contribution in [3.8, 4) is 0 Å². The van der Waals surface area contributed by atoms with E-state index in [0.717, 1.165) is 29.9 Å². The Kier molecular flexibility index (Phi) is 3.54. The molecule has 1 atom stereocenters. The molecule has 1 N–H and O–H groups in total. The summed E-state index contributed by atoms with van der Waals surface area (Å²) < 4.78 is 1.90. The second-order valence-corrected chi connectivity index (χ2v) is 5.99. The molecule has 116 valence electrons. The van der Waals surface area contributed by atoms with Crippen LogP contribution in [0.4, 0.5) is 0 Å². The summed E-state index contributed by atoms with van der Waals surface area (Å²) in [4.78, 5) is 12.7. The molecule has 23 heavy (non-hydrogen) atoms. The molecule has 0 spiro atoms. The number of fused-ring (bicyclic) bond motifs is 1. The fraction of sp³-hybridized carbons (Fsp3) is 0.278. The molecule has 5 nitrogen and oxygen atoms in total. The maximum absolute atomic E-state index is 12.7. The van der Waals surface area contributed by atoms with Crippen molar-refractivity contribution in [2.45, 2.75) is 25.3 Å². The maximum atomic E-state index is 12.7. The number of hydrogen-bond acceptors (Lipinski definition) is 3. The van der Waals surface area contributed by atoms with Gasteiger partial charge in [0.05, 0.1) is 12.5 Å². The molecule has 1 aliphatic carbocycles. The van der Waals surface area contributed by atoms with Crippen molar-refractivity contribution in [1.82, 2.24) is 19.9 Å². The van der Waals surface area contributed by atoms with Crippen LogP contribution in [0.1, 0.15) is 30.1 Å². The van der Waals surface area contributed by atoms with Crippen LogP contribution in [0.2, 0.25) is 0 Å². The first-order valence-corrected chi connectivity index (χ1v) is 7.94. The van der Waals surface area contributed by atoms with E-state index >= 15 is 0 Å². The number of carbonyl (C=O) groups is 1. The van der Waals surface area contributed by atoms with Gasteiger partial charge in [-0.05, 0) is 36.5 Å². The fourth-order valence-corrected chi connectivity index (χ4v) is 3.02. The average molecular weight is 306 g/mol. The monoisotopic (exact) mass is 306 g/mol. The molecule has 1 saturated carbocycles. The predicted molar refractivity (Wildman–Crippen MR) is 86.7 cm³/mol. The smallest absolute Gasteiger partial charge is 0.228 e. The second kappa shape index (κ2) is 5.83. The number of rotatable bonds is 5. The molecule has 1 unspecified atom stereocenters. The molecule has 1 aromatic carbocycles. The van der Waals surface area contributed by atoms with Gasteiger partial charge in [-0.3, -0.25) is 9.20 Å². The molecule has 3 aromatic rings. The Balaban J connectivity index is 1.50. The Labute approximate surface area is 134 Å². The minimum atomic E-state index is -0.0598. The third kappa shape index (κ3) is 2.82. The van der Waals surface area contributed by atoms with Gasteiger partial charge in [0.2, 0.25) is 5.91 Å². The summed E-state index contributed by atoms with van der Waals surface area (Å²) in [5.74, 6) is 1.23. The zero-order valence-corrected chi connectivity index (χ0v) is 12.7. The Hall–Kier alpha value is -2.69. The highest BCUT2D eigenvalue weighted by Crippen LogP contribution is 2.42. The van der Waals surface area contributed by atoms with Crippen LogP contribution in [0.15, 0.2) is 54.7 Å². The van der Waals surface area contributed by atoms with Crippen LogP contribution in [0, 0.1) is 5.92 Å². The highest BCUT2D eigenvalue weighted by molar-refractivity contribution is 5.84. The van der Waals surface area contributed by atoms with E-state index in [1.807, 2.05) is 59.1 Å². The molecule has 1 fully saturated rings. The van der Waals surface area contributed by atoms with E-state index in [1.54, 1.807) is 0 Å². The van der Waals surface area contributed by atoms with E-state index in [4.69, 9.17) is 0 Å². The molecule has 0 saturated heterocycles. The van der Waals surface area contributed by atoms with E-state index in [-0.39, 0.29) is 11.8 Å². The summed E-state index contributed by atoms with van der Waals surface area (Å²) >= 11 is 0. The van der Waals surface area contributed by atoms with Gasteiger partial charge in [0, 0.05) is 6.20 Å². The molecular formula is C18H18N4O. The molecular weight excluding hydrogens is 288 g/mol. The largest absolute Gasteiger partial charge is 0.348 e. The summed E-state index contributed by atoms with van der Waals surface area (Å²) in [6, 6.07) is 15.8. The summed E-state index contributed by atoms with van der Waals surface area (Å²) in [7, 11) is 0. The minimum Gasteiger partial charge on any atom is -0.348 e. The molecule has 2 aromatic heterocycles. The van der Waals surface area contributed by atoms with E-state index in [0.29, 0.717) is 12.5 Å². The van der Waals surface area contributed by atoms with Crippen molar-refractivity contribution in [3.63, 3.8) is 0 Å². The first-order valence-electron chi connectivity index (χ1n) is 7.94. The quantitative estimate of drug-likeness (QED) is 0.788. The van der Waals surface area contributed by atoms with Crippen molar-refractivity contribution < 1.29 is 4.79 Å². The van der Waals surface area contributed by atoms with Crippen LogP contribution in [-0.2, 0) is 11.3 Å². The van der Waals surface area contributed by atoms with Gasteiger partial charge in [-0.1, -0.05) is 36.4 Å². The molecule has 1 aliphatic rings. The minimum absolute atomic E-state index is 0.0598. The predicted octanol–water partition coefficient (Wildman–Crippen LogP) is 2.54. The number of hydrogen-bond donors (Lipinski definition) is 1. The SMILES string of the molecule is O=C(NCc1nnc2ccccn12)C(c1ccccc1)C1CC1. The molecule has 2 heterocycles. The van der Waals surface area contributed by atoms with Gasteiger partial charge in [-0.15, -0.1) is 10.2 Å². The lowest BCUT2D eigenvalue weighted by molar-refractivity contribution is -0.123. The number of aromatic nitrogens is 3. The molecule has 0 aliphatic heterocycles. The van der Waals surface area contributed by atoms with Crippen LogP contribution < -0.4 is 5.32 Å². The average Bonchev–Trinajstić information content (AvgIpc) is 3.33. The first kappa shape index (κ1) is 13.9. The number of pyridine rings is 1. The van der Waals surface area contributed by atoms with Crippen LogP contribution in [0.5, 0.6) is 0 Å². The summed E-state index contributed by atoms with van der Waals surface area (Å²) in [5.41, 5.74) is 1.89. The summed E-state index contributed by atoms with van der Waals surface area (Å²) in [6.45, 7) is 0.389. The van der Waals surface area contributed by atoms with Gasteiger partial charge in [0.15, 0.2) is 11.5 Å². The Bertz CT molecular complexity index is 823. The van der Waals surface area contributed by atoms with E-state index in [2.05, 4.69) is 15.5 Å². The summed E-state index contributed by atoms with van der Waals surface area (Å²) in [6.07, 6.45) is 4.16. The highest BCUT2D eigenvalue weighted by Gasteiger charge is 2.37. The van der Waals surface area contributed by atoms with Gasteiger partial charge in [-0.2, -0.15) is 0 Å². The maximum Gasteiger partial charge on any atom is 0.228 e. The molecule has 0 bridgehead atoms. The van der Waals surface area contributed by atoms with Crippen LogP contribution >= 0.6 is 0 Å². The number of nitrogens with zero attached hydrogens (tertiary/aromatic N) is 3. The lowest BCUT2D eigenvalue weighted by Crippen LogP contribution is -2.30. The van der Waals surface area contributed by atoms with Gasteiger partial charge in [0.25, 0.3) is 0 Å². The number of benzene rings is 1. The highest BCUT2D eigenvalue weighted by atomic mass is 16.1. The van der Waals surface area contributed by atoms with Crippen molar-refractivity contribution in [2.75, 3.05) is 0 Å². The van der Waals surface area contributed by atoms with Crippen molar-refractivity contribution in [2.24, 2.45) is 5.92 Å². The zero-order valence-electron chi connectivity index (χ0n) is 12.7. The second-order valence-electron chi connectivity index (χ2n) is 5.99. The number of carbonyl (C=O) groups excluding carboxylic acids is 1. The van der Waals surface area contributed by atoms with Gasteiger partial charge >= 0.3 is 0 Å².